The van der Waals surface area contributed by atoms with Crippen LogP contribution in [0, 0.1) is 17.5 Å². The summed E-state index contributed by atoms with van der Waals surface area (Å²) < 4.78 is 45.8. The number of carbonyl (C=O) groups is 2. The molecule has 0 heterocycles. The minimum Gasteiger partial charge on any atom is -0.491 e. The standard InChI is InChI=1S/C22H26F3N3O3/c1-3-11-28(14-20(30)27-17-10-9-15(23)21(24)22(17)25)13-19(29)26-16-7-5-6-8-18(16)31-12-4-2/h5-10H,3-4,11-14H2,1-2H3,(H,26,29)(H,27,30). The van der Waals surface area contributed by atoms with Gasteiger partial charge in [0, 0.05) is 0 Å². The maximum atomic E-state index is 13.8. The zero-order valence-corrected chi connectivity index (χ0v) is 17.5. The first kappa shape index (κ1) is 24.2. The minimum absolute atomic E-state index is 0.0936. The number of carbonyl (C=O) groups excluding carboxylic acids is 2. The summed E-state index contributed by atoms with van der Waals surface area (Å²) in [5.41, 5.74) is 0.0532. The molecule has 2 amide bonds. The predicted octanol–water partition coefficient (Wildman–Crippen LogP) is 4.18. The number of rotatable bonds is 11. The van der Waals surface area contributed by atoms with Crippen LogP contribution in [0.1, 0.15) is 26.7 Å². The number of halogens is 3. The Morgan fingerprint density at radius 2 is 1.52 bits per heavy atom. The number of ether oxygens (including phenoxy) is 1. The van der Waals surface area contributed by atoms with Gasteiger partial charge in [-0.2, -0.15) is 0 Å². The Balaban J connectivity index is 1.99. The van der Waals surface area contributed by atoms with Crippen molar-refractivity contribution in [2.75, 3.05) is 36.9 Å². The summed E-state index contributed by atoms with van der Waals surface area (Å²) in [4.78, 5) is 26.3. The van der Waals surface area contributed by atoms with Gasteiger partial charge in [0.2, 0.25) is 11.8 Å². The van der Waals surface area contributed by atoms with Crippen LogP contribution in [0.4, 0.5) is 24.5 Å². The van der Waals surface area contributed by atoms with Crippen LogP contribution in [0.2, 0.25) is 0 Å². The van der Waals surface area contributed by atoms with Crippen molar-refractivity contribution >= 4 is 23.2 Å². The third-order valence-corrected chi connectivity index (χ3v) is 4.21. The monoisotopic (exact) mass is 437 g/mol. The van der Waals surface area contributed by atoms with Crippen molar-refractivity contribution in [2.45, 2.75) is 26.7 Å². The van der Waals surface area contributed by atoms with Crippen molar-refractivity contribution in [3.63, 3.8) is 0 Å². The lowest BCUT2D eigenvalue weighted by Crippen LogP contribution is -2.39. The molecule has 0 aliphatic heterocycles. The molecule has 31 heavy (non-hydrogen) atoms. The van der Waals surface area contributed by atoms with E-state index < -0.39 is 29.0 Å². The Hall–Kier alpha value is -3.07. The average Bonchev–Trinajstić information content (AvgIpc) is 2.73. The maximum Gasteiger partial charge on any atom is 0.238 e. The van der Waals surface area contributed by atoms with Gasteiger partial charge >= 0.3 is 0 Å². The van der Waals surface area contributed by atoms with Gasteiger partial charge in [0.25, 0.3) is 0 Å². The smallest absolute Gasteiger partial charge is 0.238 e. The third-order valence-electron chi connectivity index (χ3n) is 4.21. The Labute approximate surface area is 179 Å². The molecule has 2 N–H and O–H groups in total. The zero-order chi connectivity index (χ0) is 22.8. The molecule has 0 bridgehead atoms. The first-order chi connectivity index (χ1) is 14.8. The van der Waals surface area contributed by atoms with E-state index in [9.17, 15) is 22.8 Å². The van der Waals surface area contributed by atoms with Crippen LogP contribution < -0.4 is 15.4 Å². The zero-order valence-electron chi connectivity index (χ0n) is 17.5. The van der Waals surface area contributed by atoms with Crippen molar-refractivity contribution in [3.05, 3.63) is 53.8 Å². The molecule has 0 radical (unpaired) electrons. The van der Waals surface area contributed by atoms with Gasteiger partial charge in [0.05, 0.1) is 31.1 Å². The van der Waals surface area contributed by atoms with Crippen LogP contribution in [0.15, 0.2) is 36.4 Å². The molecule has 168 valence electrons. The molecule has 0 unspecified atom stereocenters. The Bertz CT molecular complexity index is 909. The topological polar surface area (TPSA) is 70.7 Å². The van der Waals surface area contributed by atoms with E-state index in [0.29, 0.717) is 31.0 Å². The van der Waals surface area contributed by atoms with Crippen LogP contribution in [-0.2, 0) is 9.59 Å². The number of benzene rings is 2. The van der Waals surface area contributed by atoms with E-state index in [1.54, 1.807) is 29.2 Å². The van der Waals surface area contributed by atoms with Gasteiger partial charge in [0.15, 0.2) is 17.5 Å². The highest BCUT2D eigenvalue weighted by Gasteiger charge is 2.18. The largest absolute Gasteiger partial charge is 0.491 e. The van der Waals surface area contributed by atoms with E-state index in [2.05, 4.69) is 10.6 Å². The Kier molecular flexibility index (Phi) is 9.33. The van der Waals surface area contributed by atoms with Gasteiger partial charge in [-0.15, -0.1) is 0 Å². The van der Waals surface area contributed by atoms with Crippen LogP contribution in [0.25, 0.3) is 0 Å². The predicted molar refractivity (Wildman–Crippen MR) is 113 cm³/mol. The summed E-state index contributed by atoms with van der Waals surface area (Å²) in [6, 6.07) is 8.69. The molecule has 0 saturated heterocycles. The highest BCUT2D eigenvalue weighted by Crippen LogP contribution is 2.24. The van der Waals surface area contributed by atoms with E-state index >= 15 is 0 Å². The van der Waals surface area contributed by atoms with Crippen LogP contribution in [-0.4, -0.2) is 43.0 Å². The molecule has 9 heteroatoms. The molecule has 0 aromatic heterocycles. The fourth-order valence-corrected chi connectivity index (χ4v) is 2.85. The molecule has 6 nitrogen and oxygen atoms in total. The van der Waals surface area contributed by atoms with Gasteiger partial charge < -0.3 is 15.4 Å². The molecule has 2 aromatic carbocycles. The van der Waals surface area contributed by atoms with Crippen LogP contribution in [0.5, 0.6) is 5.75 Å². The normalized spacial score (nSPS) is 10.8. The van der Waals surface area contributed by atoms with Gasteiger partial charge in [-0.3, -0.25) is 14.5 Å². The first-order valence-electron chi connectivity index (χ1n) is 10.0. The molecule has 2 rings (SSSR count). The molecule has 0 fully saturated rings. The molecular weight excluding hydrogens is 411 g/mol. The Morgan fingerprint density at radius 1 is 0.871 bits per heavy atom. The van der Waals surface area contributed by atoms with Gasteiger partial charge in [-0.05, 0) is 43.7 Å². The van der Waals surface area contributed by atoms with E-state index in [4.69, 9.17) is 4.74 Å². The number of amides is 2. The molecule has 0 spiro atoms. The summed E-state index contributed by atoms with van der Waals surface area (Å²) in [7, 11) is 0. The lowest BCUT2D eigenvalue weighted by atomic mass is 10.2. The molecular formula is C22H26F3N3O3. The molecule has 2 aromatic rings. The number of para-hydroxylation sites is 2. The number of hydrogen-bond acceptors (Lipinski definition) is 4. The number of hydrogen-bond donors (Lipinski definition) is 2. The number of nitrogens with one attached hydrogen (secondary N) is 2. The second-order valence-electron chi connectivity index (χ2n) is 6.87. The van der Waals surface area contributed by atoms with E-state index in [-0.39, 0.29) is 19.0 Å². The highest BCUT2D eigenvalue weighted by atomic mass is 19.2. The minimum atomic E-state index is -1.66. The number of nitrogens with zero attached hydrogens (tertiary/aromatic N) is 1. The van der Waals surface area contributed by atoms with Crippen LogP contribution >= 0.6 is 0 Å². The van der Waals surface area contributed by atoms with E-state index in [1.807, 2.05) is 13.8 Å². The van der Waals surface area contributed by atoms with Crippen molar-refractivity contribution in [1.82, 2.24) is 4.90 Å². The fourth-order valence-electron chi connectivity index (χ4n) is 2.85. The SMILES string of the molecule is CCCOc1ccccc1NC(=O)CN(CCC)CC(=O)Nc1ccc(F)c(F)c1F. The summed E-state index contributed by atoms with van der Waals surface area (Å²) in [5.74, 6) is -4.94. The number of anilines is 2. The lowest BCUT2D eigenvalue weighted by Gasteiger charge is -2.21. The molecule has 0 aliphatic carbocycles. The quantitative estimate of drug-likeness (QED) is 0.518. The van der Waals surface area contributed by atoms with E-state index in [0.717, 1.165) is 18.6 Å². The molecule has 0 atom stereocenters. The van der Waals surface area contributed by atoms with Gasteiger partial charge in [-0.25, -0.2) is 13.2 Å². The summed E-state index contributed by atoms with van der Waals surface area (Å²) in [6.45, 7) is 4.47. The van der Waals surface area contributed by atoms with Crippen molar-refractivity contribution in [2.24, 2.45) is 0 Å². The second-order valence-corrected chi connectivity index (χ2v) is 6.87. The van der Waals surface area contributed by atoms with Gasteiger partial charge in [-0.1, -0.05) is 26.0 Å². The summed E-state index contributed by atoms with van der Waals surface area (Å²) in [5, 5.41) is 4.97. The van der Waals surface area contributed by atoms with Crippen LogP contribution in [0.3, 0.4) is 0 Å². The highest BCUT2D eigenvalue weighted by molar-refractivity contribution is 5.95. The average molecular weight is 437 g/mol. The molecule has 0 aliphatic rings. The van der Waals surface area contributed by atoms with Crippen molar-refractivity contribution < 1.29 is 27.5 Å². The summed E-state index contributed by atoms with van der Waals surface area (Å²) in [6.07, 6.45) is 1.48. The van der Waals surface area contributed by atoms with Crippen molar-refractivity contribution in [1.29, 1.82) is 0 Å². The maximum absolute atomic E-state index is 13.8. The van der Waals surface area contributed by atoms with Crippen molar-refractivity contribution in [3.8, 4) is 5.75 Å². The van der Waals surface area contributed by atoms with Gasteiger partial charge in [0.1, 0.15) is 5.75 Å². The Morgan fingerprint density at radius 3 is 2.16 bits per heavy atom. The first-order valence-corrected chi connectivity index (χ1v) is 10.0. The summed E-state index contributed by atoms with van der Waals surface area (Å²) >= 11 is 0. The second kappa shape index (κ2) is 11.9. The fraction of sp³-hybridized carbons (Fsp3) is 0.364. The third kappa shape index (κ3) is 7.29. The lowest BCUT2D eigenvalue weighted by molar-refractivity contribution is -0.120. The molecule has 0 saturated carbocycles. The van der Waals surface area contributed by atoms with E-state index in [1.165, 1.54) is 0 Å².